The summed E-state index contributed by atoms with van der Waals surface area (Å²) < 4.78 is 31.1. The number of hydrogen-bond donors (Lipinski definition) is 1. The van der Waals surface area contributed by atoms with Gasteiger partial charge in [0.1, 0.15) is 12.3 Å². The second kappa shape index (κ2) is 9.63. The summed E-state index contributed by atoms with van der Waals surface area (Å²) in [5.74, 6) is 0.287. The summed E-state index contributed by atoms with van der Waals surface area (Å²) >= 11 is 0. The van der Waals surface area contributed by atoms with Crippen LogP contribution in [0.5, 0.6) is 5.75 Å². The Morgan fingerprint density at radius 1 is 1.00 bits per heavy atom. The third kappa shape index (κ3) is 5.73. The number of nitrogens with zero attached hydrogens (tertiary/aromatic N) is 1. The van der Waals surface area contributed by atoms with Crippen molar-refractivity contribution in [3.8, 4) is 5.75 Å². The molecule has 0 aliphatic rings. The molecular formula is C23H26N2O4S. The number of rotatable bonds is 9. The van der Waals surface area contributed by atoms with E-state index in [1.165, 1.54) is 0 Å². The van der Waals surface area contributed by atoms with Crippen molar-refractivity contribution in [2.45, 2.75) is 19.9 Å². The van der Waals surface area contributed by atoms with E-state index in [-0.39, 0.29) is 12.5 Å². The summed E-state index contributed by atoms with van der Waals surface area (Å²) in [6.45, 7) is 2.63. The number of sulfonamides is 1. The van der Waals surface area contributed by atoms with Gasteiger partial charge in [-0.05, 0) is 53.1 Å². The summed E-state index contributed by atoms with van der Waals surface area (Å²) in [6.07, 6.45) is 1.97. The Bertz CT molecular complexity index is 1110. The van der Waals surface area contributed by atoms with E-state index in [4.69, 9.17) is 4.74 Å². The summed E-state index contributed by atoms with van der Waals surface area (Å²) in [5.41, 5.74) is 1.37. The molecule has 6 nitrogen and oxygen atoms in total. The van der Waals surface area contributed by atoms with Crippen LogP contribution in [0.1, 0.15) is 18.9 Å². The van der Waals surface area contributed by atoms with Gasteiger partial charge in [0, 0.05) is 6.54 Å². The maximum absolute atomic E-state index is 12.5. The van der Waals surface area contributed by atoms with E-state index in [2.05, 4.69) is 5.32 Å². The van der Waals surface area contributed by atoms with Crippen molar-refractivity contribution >= 4 is 32.4 Å². The molecule has 1 N–H and O–H groups in total. The molecule has 0 saturated carbocycles. The van der Waals surface area contributed by atoms with Gasteiger partial charge in [-0.15, -0.1) is 0 Å². The minimum Gasteiger partial charge on any atom is -0.494 e. The van der Waals surface area contributed by atoms with Gasteiger partial charge in [-0.25, -0.2) is 8.42 Å². The number of carbonyl (C=O) groups is 1. The molecule has 0 unspecified atom stereocenters. The van der Waals surface area contributed by atoms with E-state index in [1.54, 1.807) is 24.3 Å². The first-order chi connectivity index (χ1) is 14.4. The van der Waals surface area contributed by atoms with Crippen LogP contribution < -0.4 is 14.4 Å². The number of amides is 1. The van der Waals surface area contributed by atoms with Crippen LogP contribution in [-0.2, 0) is 21.4 Å². The Kier molecular flexibility index (Phi) is 6.95. The first-order valence-corrected chi connectivity index (χ1v) is 11.7. The molecule has 30 heavy (non-hydrogen) atoms. The average Bonchev–Trinajstić information content (AvgIpc) is 2.74. The standard InChI is InChI=1S/C23H26N2O4S/c1-3-14-29-22-12-10-21(11-13-22)25(30(2,27)28)17-23(26)24-16-18-8-9-19-6-4-5-7-20(19)15-18/h4-13,15H,3,14,16-17H2,1-2H3,(H,24,26). The highest BCUT2D eigenvalue weighted by atomic mass is 32.2. The second-order valence-corrected chi connectivity index (χ2v) is 8.98. The van der Waals surface area contributed by atoms with Crippen LogP contribution in [0.2, 0.25) is 0 Å². The molecule has 0 spiro atoms. The molecule has 3 aromatic carbocycles. The Labute approximate surface area is 177 Å². The van der Waals surface area contributed by atoms with Crippen molar-refractivity contribution in [3.05, 3.63) is 72.3 Å². The van der Waals surface area contributed by atoms with Gasteiger partial charge in [-0.3, -0.25) is 9.10 Å². The van der Waals surface area contributed by atoms with Gasteiger partial charge < -0.3 is 10.1 Å². The molecular weight excluding hydrogens is 400 g/mol. The lowest BCUT2D eigenvalue weighted by atomic mass is 10.1. The van der Waals surface area contributed by atoms with E-state index < -0.39 is 10.0 Å². The van der Waals surface area contributed by atoms with Crippen LogP contribution in [0.4, 0.5) is 5.69 Å². The normalized spacial score (nSPS) is 11.3. The van der Waals surface area contributed by atoms with Crippen molar-refractivity contribution in [2.24, 2.45) is 0 Å². The number of ether oxygens (including phenoxy) is 1. The van der Waals surface area contributed by atoms with Gasteiger partial charge in [0.25, 0.3) is 0 Å². The molecule has 3 rings (SSSR count). The number of carbonyl (C=O) groups excluding carboxylic acids is 1. The smallest absolute Gasteiger partial charge is 0.241 e. The van der Waals surface area contributed by atoms with Crippen molar-refractivity contribution < 1.29 is 17.9 Å². The topological polar surface area (TPSA) is 75.7 Å². The van der Waals surface area contributed by atoms with Crippen molar-refractivity contribution in [2.75, 3.05) is 23.7 Å². The molecule has 0 saturated heterocycles. The summed E-state index contributed by atoms with van der Waals surface area (Å²) in [5, 5.41) is 5.02. The van der Waals surface area contributed by atoms with Crippen molar-refractivity contribution in [3.63, 3.8) is 0 Å². The largest absolute Gasteiger partial charge is 0.494 e. The van der Waals surface area contributed by atoms with Crippen LogP contribution in [0.3, 0.4) is 0 Å². The number of benzene rings is 3. The van der Waals surface area contributed by atoms with E-state index in [0.29, 0.717) is 24.6 Å². The van der Waals surface area contributed by atoms with Gasteiger partial charge in [0.2, 0.25) is 15.9 Å². The third-order valence-corrected chi connectivity index (χ3v) is 5.73. The lowest BCUT2D eigenvalue weighted by molar-refractivity contribution is -0.119. The molecule has 0 heterocycles. The highest BCUT2D eigenvalue weighted by Gasteiger charge is 2.20. The first-order valence-electron chi connectivity index (χ1n) is 9.82. The van der Waals surface area contributed by atoms with Gasteiger partial charge in [-0.2, -0.15) is 0 Å². The molecule has 0 radical (unpaired) electrons. The molecule has 0 aromatic heterocycles. The van der Waals surface area contributed by atoms with Crippen LogP contribution in [-0.4, -0.2) is 33.7 Å². The van der Waals surface area contributed by atoms with Crippen LogP contribution in [0, 0.1) is 0 Å². The van der Waals surface area contributed by atoms with E-state index in [1.807, 2.05) is 49.4 Å². The molecule has 158 valence electrons. The predicted octanol–water partition coefficient (Wildman–Crippen LogP) is 3.71. The SMILES string of the molecule is CCCOc1ccc(N(CC(=O)NCc2ccc3ccccc3c2)S(C)(=O)=O)cc1. The van der Waals surface area contributed by atoms with Gasteiger partial charge >= 0.3 is 0 Å². The molecule has 0 fully saturated rings. The minimum atomic E-state index is -3.62. The molecule has 0 aliphatic carbocycles. The zero-order valence-corrected chi connectivity index (χ0v) is 18.0. The Morgan fingerprint density at radius 3 is 2.37 bits per heavy atom. The summed E-state index contributed by atoms with van der Waals surface area (Å²) in [7, 11) is -3.62. The molecule has 3 aromatic rings. The lowest BCUT2D eigenvalue weighted by Gasteiger charge is -2.22. The number of fused-ring (bicyclic) bond motifs is 1. The number of hydrogen-bond acceptors (Lipinski definition) is 4. The fraction of sp³-hybridized carbons (Fsp3) is 0.261. The Balaban J connectivity index is 1.66. The maximum atomic E-state index is 12.5. The molecule has 1 amide bonds. The highest BCUT2D eigenvalue weighted by Crippen LogP contribution is 2.22. The zero-order chi connectivity index (χ0) is 21.6. The summed E-state index contributed by atoms with van der Waals surface area (Å²) in [6, 6.07) is 20.6. The number of anilines is 1. The third-order valence-electron chi connectivity index (χ3n) is 4.59. The fourth-order valence-electron chi connectivity index (χ4n) is 3.06. The van der Waals surface area contributed by atoms with Crippen LogP contribution in [0.15, 0.2) is 66.7 Å². The van der Waals surface area contributed by atoms with Gasteiger partial charge in [0.05, 0.1) is 18.6 Å². The van der Waals surface area contributed by atoms with Crippen LogP contribution >= 0.6 is 0 Å². The Morgan fingerprint density at radius 2 is 1.70 bits per heavy atom. The fourth-order valence-corrected chi connectivity index (χ4v) is 3.92. The average molecular weight is 427 g/mol. The minimum absolute atomic E-state index is 0.290. The van der Waals surface area contributed by atoms with E-state index in [9.17, 15) is 13.2 Å². The number of nitrogens with one attached hydrogen (secondary N) is 1. The van der Waals surface area contributed by atoms with Gasteiger partial charge in [0.15, 0.2) is 0 Å². The van der Waals surface area contributed by atoms with E-state index in [0.717, 1.165) is 33.3 Å². The molecule has 7 heteroatoms. The zero-order valence-electron chi connectivity index (χ0n) is 17.2. The maximum Gasteiger partial charge on any atom is 0.241 e. The molecule has 0 atom stereocenters. The Hall–Kier alpha value is -3.06. The predicted molar refractivity (Wildman–Crippen MR) is 120 cm³/mol. The monoisotopic (exact) mass is 426 g/mol. The second-order valence-electron chi connectivity index (χ2n) is 7.07. The van der Waals surface area contributed by atoms with Gasteiger partial charge in [-0.1, -0.05) is 43.3 Å². The van der Waals surface area contributed by atoms with E-state index >= 15 is 0 Å². The quantitative estimate of drug-likeness (QED) is 0.566. The van der Waals surface area contributed by atoms with Crippen molar-refractivity contribution in [1.82, 2.24) is 5.32 Å². The highest BCUT2D eigenvalue weighted by molar-refractivity contribution is 7.92. The first kappa shape index (κ1) is 21.6. The summed E-state index contributed by atoms with van der Waals surface area (Å²) in [4.78, 5) is 12.5. The molecule has 0 bridgehead atoms. The van der Waals surface area contributed by atoms with Crippen molar-refractivity contribution in [1.29, 1.82) is 0 Å². The molecule has 0 aliphatic heterocycles. The lowest BCUT2D eigenvalue weighted by Crippen LogP contribution is -2.40. The van der Waals surface area contributed by atoms with Crippen LogP contribution in [0.25, 0.3) is 10.8 Å².